The van der Waals surface area contributed by atoms with Crippen molar-refractivity contribution in [2.75, 3.05) is 65.6 Å². The highest BCUT2D eigenvalue weighted by Crippen LogP contribution is 1.99. The van der Waals surface area contributed by atoms with E-state index in [1.54, 1.807) is 0 Å². The van der Waals surface area contributed by atoms with E-state index in [0.717, 1.165) is 32.8 Å². The van der Waals surface area contributed by atoms with E-state index in [2.05, 4.69) is 15.1 Å². The molecule has 0 atom stereocenters. The van der Waals surface area contributed by atoms with Gasteiger partial charge in [-0.15, -0.1) is 24.8 Å². The van der Waals surface area contributed by atoms with Crippen LogP contribution in [-0.4, -0.2) is 75.4 Å². The Hall–Kier alpha value is 0.420. The van der Waals surface area contributed by atoms with Crippen molar-refractivity contribution >= 4 is 24.8 Å². The molecule has 4 nitrogen and oxygen atoms in total. The number of rotatable bonds is 3. The Morgan fingerprint density at radius 3 is 2.18 bits per heavy atom. The maximum atomic E-state index is 5.35. The van der Waals surface area contributed by atoms with Gasteiger partial charge in [0.25, 0.3) is 0 Å². The van der Waals surface area contributed by atoms with Gasteiger partial charge in [-0.05, 0) is 19.5 Å². The van der Waals surface area contributed by atoms with Crippen molar-refractivity contribution < 1.29 is 4.74 Å². The van der Waals surface area contributed by atoms with Gasteiger partial charge in [0.2, 0.25) is 0 Å². The summed E-state index contributed by atoms with van der Waals surface area (Å²) in [6, 6.07) is 0. The molecule has 0 aromatic heterocycles. The molecule has 0 aliphatic carbocycles. The Labute approximate surface area is 117 Å². The SMILES string of the molecule is C1CNCCN(CCN2CCOCC2)C1.Cl.Cl. The molecule has 2 aliphatic rings. The van der Waals surface area contributed by atoms with Crippen LogP contribution in [-0.2, 0) is 4.74 Å². The van der Waals surface area contributed by atoms with Gasteiger partial charge >= 0.3 is 0 Å². The Balaban J connectivity index is 0.00000128. The minimum absolute atomic E-state index is 0. The van der Waals surface area contributed by atoms with Gasteiger partial charge in [-0.2, -0.15) is 0 Å². The number of hydrogen-bond donors (Lipinski definition) is 1. The van der Waals surface area contributed by atoms with Gasteiger partial charge in [0.1, 0.15) is 0 Å². The molecule has 0 bridgehead atoms. The monoisotopic (exact) mass is 285 g/mol. The summed E-state index contributed by atoms with van der Waals surface area (Å²) < 4.78 is 5.35. The second-order valence-corrected chi connectivity index (χ2v) is 4.40. The molecule has 2 rings (SSSR count). The summed E-state index contributed by atoms with van der Waals surface area (Å²) in [6.07, 6.45) is 1.29. The average molecular weight is 286 g/mol. The summed E-state index contributed by atoms with van der Waals surface area (Å²) in [5.41, 5.74) is 0. The van der Waals surface area contributed by atoms with E-state index in [1.165, 1.54) is 39.1 Å². The highest BCUT2D eigenvalue weighted by Gasteiger charge is 2.13. The largest absolute Gasteiger partial charge is 0.379 e. The zero-order chi connectivity index (χ0) is 10.3. The number of ether oxygens (including phenoxy) is 1. The van der Waals surface area contributed by atoms with Crippen molar-refractivity contribution in [3.8, 4) is 0 Å². The second kappa shape index (κ2) is 10.4. The van der Waals surface area contributed by atoms with Crippen LogP contribution in [0.5, 0.6) is 0 Å². The topological polar surface area (TPSA) is 27.7 Å². The van der Waals surface area contributed by atoms with Gasteiger partial charge in [-0.1, -0.05) is 0 Å². The zero-order valence-corrected chi connectivity index (χ0v) is 12.0. The normalized spacial score (nSPS) is 23.3. The molecule has 2 aliphatic heterocycles. The van der Waals surface area contributed by atoms with E-state index in [4.69, 9.17) is 4.74 Å². The van der Waals surface area contributed by atoms with Crippen molar-refractivity contribution in [2.24, 2.45) is 0 Å². The number of nitrogens with zero attached hydrogens (tertiary/aromatic N) is 2. The number of hydrogen-bond acceptors (Lipinski definition) is 4. The van der Waals surface area contributed by atoms with Crippen molar-refractivity contribution in [1.82, 2.24) is 15.1 Å². The van der Waals surface area contributed by atoms with Gasteiger partial charge in [-0.25, -0.2) is 0 Å². The van der Waals surface area contributed by atoms with Crippen LogP contribution in [0, 0.1) is 0 Å². The first-order valence-corrected chi connectivity index (χ1v) is 6.18. The van der Waals surface area contributed by atoms with Crippen molar-refractivity contribution in [1.29, 1.82) is 0 Å². The van der Waals surface area contributed by atoms with Crippen LogP contribution in [0.15, 0.2) is 0 Å². The van der Waals surface area contributed by atoms with Crippen molar-refractivity contribution in [2.45, 2.75) is 6.42 Å². The Kier molecular flexibility index (Phi) is 10.6. The Morgan fingerprint density at radius 1 is 0.824 bits per heavy atom. The molecule has 2 saturated heterocycles. The van der Waals surface area contributed by atoms with Gasteiger partial charge in [0, 0.05) is 39.3 Å². The standard InChI is InChI=1S/C11H23N3O.2ClH/c1-2-12-3-5-13(4-1)6-7-14-8-10-15-11-9-14;;/h12H,1-11H2;2*1H. The van der Waals surface area contributed by atoms with Gasteiger partial charge < -0.3 is 15.0 Å². The first-order valence-electron chi connectivity index (χ1n) is 6.18. The third kappa shape index (κ3) is 6.79. The molecule has 0 spiro atoms. The van der Waals surface area contributed by atoms with Gasteiger partial charge in [-0.3, -0.25) is 4.90 Å². The zero-order valence-electron chi connectivity index (χ0n) is 10.4. The minimum atomic E-state index is 0. The summed E-state index contributed by atoms with van der Waals surface area (Å²) in [5, 5.41) is 3.44. The van der Waals surface area contributed by atoms with Crippen LogP contribution in [0.3, 0.4) is 0 Å². The number of halogens is 2. The molecule has 104 valence electrons. The molecule has 2 heterocycles. The number of morpholine rings is 1. The van der Waals surface area contributed by atoms with Crippen LogP contribution in [0.4, 0.5) is 0 Å². The third-order valence-electron chi connectivity index (χ3n) is 3.27. The van der Waals surface area contributed by atoms with Crippen LogP contribution in [0.25, 0.3) is 0 Å². The second-order valence-electron chi connectivity index (χ2n) is 4.40. The fourth-order valence-corrected chi connectivity index (χ4v) is 2.23. The molecule has 0 aromatic rings. The van der Waals surface area contributed by atoms with Crippen LogP contribution in [0.1, 0.15) is 6.42 Å². The molecular weight excluding hydrogens is 261 g/mol. The lowest BCUT2D eigenvalue weighted by molar-refractivity contribution is 0.0336. The minimum Gasteiger partial charge on any atom is -0.379 e. The number of nitrogens with one attached hydrogen (secondary N) is 1. The molecule has 1 N–H and O–H groups in total. The predicted molar refractivity (Wildman–Crippen MR) is 75.7 cm³/mol. The van der Waals surface area contributed by atoms with Crippen molar-refractivity contribution in [3.63, 3.8) is 0 Å². The van der Waals surface area contributed by atoms with Gasteiger partial charge in [0.15, 0.2) is 0 Å². The molecule has 2 fully saturated rings. The van der Waals surface area contributed by atoms with Crippen molar-refractivity contribution in [3.05, 3.63) is 0 Å². The molecular formula is C11H25Cl2N3O. The summed E-state index contributed by atoms with van der Waals surface area (Å²) in [5.74, 6) is 0. The summed E-state index contributed by atoms with van der Waals surface area (Å²) in [6.45, 7) is 11.3. The maximum absolute atomic E-state index is 5.35. The molecule has 0 saturated carbocycles. The third-order valence-corrected chi connectivity index (χ3v) is 3.27. The predicted octanol–water partition coefficient (Wildman–Crippen LogP) is 0.458. The molecule has 0 amide bonds. The smallest absolute Gasteiger partial charge is 0.0594 e. The van der Waals surface area contributed by atoms with E-state index < -0.39 is 0 Å². The van der Waals surface area contributed by atoms with E-state index in [9.17, 15) is 0 Å². The van der Waals surface area contributed by atoms with E-state index >= 15 is 0 Å². The lowest BCUT2D eigenvalue weighted by Gasteiger charge is -2.29. The van der Waals surface area contributed by atoms with E-state index in [1.807, 2.05) is 0 Å². The van der Waals surface area contributed by atoms with E-state index in [-0.39, 0.29) is 24.8 Å². The Morgan fingerprint density at radius 2 is 1.47 bits per heavy atom. The molecule has 0 aromatic carbocycles. The lowest BCUT2D eigenvalue weighted by Crippen LogP contribution is -2.42. The summed E-state index contributed by atoms with van der Waals surface area (Å²) >= 11 is 0. The quantitative estimate of drug-likeness (QED) is 0.815. The lowest BCUT2D eigenvalue weighted by atomic mass is 10.3. The summed E-state index contributed by atoms with van der Waals surface area (Å²) in [7, 11) is 0. The highest BCUT2D eigenvalue weighted by molar-refractivity contribution is 5.85. The van der Waals surface area contributed by atoms with Crippen LogP contribution in [0.2, 0.25) is 0 Å². The Bertz CT molecular complexity index is 172. The van der Waals surface area contributed by atoms with Gasteiger partial charge in [0.05, 0.1) is 13.2 Å². The molecule has 0 radical (unpaired) electrons. The fourth-order valence-electron chi connectivity index (χ4n) is 2.23. The molecule has 17 heavy (non-hydrogen) atoms. The fraction of sp³-hybridized carbons (Fsp3) is 1.00. The molecule has 6 heteroatoms. The summed E-state index contributed by atoms with van der Waals surface area (Å²) in [4.78, 5) is 5.09. The first-order chi connectivity index (χ1) is 7.45. The van der Waals surface area contributed by atoms with E-state index in [0.29, 0.717) is 0 Å². The van der Waals surface area contributed by atoms with Crippen LogP contribution < -0.4 is 5.32 Å². The van der Waals surface area contributed by atoms with Crippen LogP contribution >= 0.6 is 24.8 Å². The first kappa shape index (κ1) is 17.4. The maximum Gasteiger partial charge on any atom is 0.0594 e. The average Bonchev–Trinajstić information content (AvgIpc) is 2.56. The molecule has 0 unspecified atom stereocenters. The highest BCUT2D eigenvalue weighted by atomic mass is 35.5.